The van der Waals surface area contributed by atoms with E-state index in [-0.39, 0.29) is 60.3 Å². The normalized spacial score (nSPS) is 37.9. The van der Waals surface area contributed by atoms with Crippen molar-refractivity contribution in [1.82, 2.24) is 9.96 Å². The Labute approximate surface area is 150 Å². The summed E-state index contributed by atoms with van der Waals surface area (Å²) in [5.74, 6) is -3.21. The highest BCUT2D eigenvalue weighted by Gasteiger charge is 2.68. The number of hydroxylamine groups is 2. The van der Waals surface area contributed by atoms with Crippen molar-refractivity contribution >= 4 is 29.6 Å². The summed E-state index contributed by atoms with van der Waals surface area (Å²) in [6, 6.07) is 0. The highest BCUT2D eigenvalue weighted by molar-refractivity contribution is 6.07. The molecule has 4 rings (SSSR count). The largest absolute Gasteiger partial charge is 0.335 e. The van der Waals surface area contributed by atoms with E-state index >= 15 is 0 Å². The molecule has 8 nitrogen and oxygen atoms in total. The Morgan fingerprint density at radius 2 is 1.54 bits per heavy atom. The molecule has 0 aromatic rings. The molecule has 2 bridgehead atoms. The average Bonchev–Trinajstić information content (AvgIpc) is 3.21. The van der Waals surface area contributed by atoms with Crippen molar-refractivity contribution in [3.05, 3.63) is 12.2 Å². The molecule has 4 atom stereocenters. The maximum absolute atomic E-state index is 12.8. The van der Waals surface area contributed by atoms with Gasteiger partial charge in [0.15, 0.2) is 0 Å². The predicted octanol–water partition coefficient (Wildman–Crippen LogP) is 0.571. The molecule has 0 N–H and O–H groups in total. The van der Waals surface area contributed by atoms with Gasteiger partial charge in [-0.05, 0) is 17.3 Å². The summed E-state index contributed by atoms with van der Waals surface area (Å²) in [5.41, 5.74) is -0.647. The summed E-state index contributed by atoms with van der Waals surface area (Å²) in [6.07, 6.45) is 4.62. The molecule has 8 heteroatoms. The molecule has 138 valence electrons. The predicted molar refractivity (Wildman–Crippen MR) is 85.5 cm³/mol. The number of imide groups is 2. The second-order valence-corrected chi connectivity index (χ2v) is 8.10. The lowest BCUT2D eigenvalue weighted by molar-refractivity contribution is -0.197. The van der Waals surface area contributed by atoms with E-state index in [4.69, 9.17) is 4.84 Å². The maximum atomic E-state index is 12.8. The first-order valence-corrected chi connectivity index (χ1v) is 8.78. The van der Waals surface area contributed by atoms with Gasteiger partial charge in [0.25, 0.3) is 11.8 Å². The highest BCUT2D eigenvalue weighted by atomic mass is 16.7. The summed E-state index contributed by atoms with van der Waals surface area (Å²) < 4.78 is 0. The highest BCUT2D eigenvalue weighted by Crippen LogP contribution is 2.65. The summed E-state index contributed by atoms with van der Waals surface area (Å²) in [4.78, 5) is 66.4. The number of allylic oxidation sites excluding steroid dienone is 2. The van der Waals surface area contributed by atoms with Crippen molar-refractivity contribution in [3.63, 3.8) is 0 Å². The third-order valence-electron chi connectivity index (χ3n) is 6.16. The molecule has 2 aliphatic carbocycles. The van der Waals surface area contributed by atoms with E-state index in [9.17, 15) is 24.0 Å². The lowest BCUT2D eigenvalue weighted by Gasteiger charge is -2.26. The standard InChI is InChI=1S/C18H20N2O6/c1-17-6-7-18(2,9-17)14-13(17)15(24)19(16(14)25)8-5-12(23)26-20-10(21)3-4-11(20)22/h6-7,13-14H,3-5,8-9H2,1-2H3/t13-,14+,17+,18-. The minimum absolute atomic E-state index is 0.0166. The number of carbonyl (C=O) groups is 5. The van der Waals surface area contributed by atoms with Crippen molar-refractivity contribution in [2.75, 3.05) is 6.54 Å². The van der Waals surface area contributed by atoms with Crippen molar-refractivity contribution in [2.45, 2.75) is 39.5 Å². The lowest BCUT2D eigenvalue weighted by atomic mass is 9.73. The van der Waals surface area contributed by atoms with E-state index in [0.29, 0.717) is 5.06 Å². The SMILES string of the molecule is C[C@]12C=C[C@](C)(C1)[C@@H]1C(=O)N(CCC(=O)ON3C(=O)CCC3=O)C(=O)[C@@H]12. The molecular formula is C18H20N2O6. The Bertz CT molecular complexity index is 737. The Morgan fingerprint density at radius 3 is 2.04 bits per heavy atom. The van der Waals surface area contributed by atoms with Gasteiger partial charge in [-0.15, -0.1) is 5.06 Å². The first-order valence-electron chi connectivity index (χ1n) is 8.78. The van der Waals surface area contributed by atoms with Gasteiger partial charge in [0.05, 0.1) is 18.3 Å². The Balaban J connectivity index is 1.42. The summed E-state index contributed by atoms with van der Waals surface area (Å²) in [5, 5.41) is 0.469. The Morgan fingerprint density at radius 1 is 1.04 bits per heavy atom. The van der Waals surface area contributed by atoms with Crippen LogP contribution in [-0.2, 0) is 28.8 Å². The van der Waals surface area contributed by atoms with Crippen LogP contribution < -0.4 is 0 Å². The summed E-state index contributed by atoms with van der Waals surface area (Å²) in [6.45, 7) is 3.88. The van der Waals surface area contributed by atoms with Crippen LogP contribution in [0.2, 0.25) is 0 Å². The summed E-state index contributed by atoms with van der Waals surface area (Å²) >= 11 is 0. The quantitative estimate of drug-likeness (QED) is 0.537. The summed E-state index contributed by atoms with van der Waals surface area (Å²) in [7, 11) is 0. The van der Waals surface area contributed by atoms with Gasteiger partial charge < -0.3 is 4.84 Å². The molecule has 4 amide bonds. The molecule has 3 fully saturated rings. The van der Waals surface area contributed by atoms with Gasteiger partial charge in [0, 0.05) is 19.4 Å². The van der Waals surface area contributed by atoms with Crippen LogP contribution in [0, 0.1) is 22.7 Å². The van der Waals surface area contributed by atoms with E-state index in [2.05, 4.69) is 0 Å². The van der Waals surface area contributed by atoms with Crippen LogP contribution in [0.25, 0.3) is 0 Å². The smallest absolute Gasteiger partial charge is 0.330 e. The van der Waals surface area contributed by atoms with E-state index in [0.717, 1.165) is 11.3 Å². The third-order valence-corrected chi connectivity index (χ3v) is 6.16. The molecule has 2 aliphatic heterocycles. The van der Waals surface area contributed by atoms with Gasteiger partial charge >= 0.3 is 5.97 Å². The maximum Gasteiger partial charge on any atom is 0.335 e. The zero-order valence-electron chi connectivity index (χ0n) is 14.7. The molecule has 2 saturated heterocycles. The number of nitrogens with zero attached hydrogens (tertiary/aromatic N) is 2. The Kier molecular flexibility index (Phi) is 3.42. The number of hydrogen-bond donors (Lipinski definition) is 0. The van der Waals surface area contributed by atoms with Crippen LogP contribution in [0.4, 0.5) is 0 Å². The van der Waals surface area contributed by atoms with E-state index in [1.54, 1.807) is 0 Å². The van der Waals surface area contributed by atoms with E-state index in [1.807, 2.05) is 26.0 Å². The molecule has 2 heterocycles. The van der Waals surface area contributed by atoms with Crippen molar-refractivity contribution in [1.29, 1.82) is 0 Å². The molecule has 4 aliphatic rings. The van der Waals surface area contributed by atoms with E-state index < -0.39 is 17.8 Å². The van der Waals surface area contributed by atoms with Gasteiger partial charge in [-0.1, -0.05) is 26.0 Å². The molecule has 1 saturated carbocycles. The van der Waals surface area contributed by atoms with Gasteiger partial charge in [-0.3, -0.25) is 24.1 Å². The number of hydrogen-bond acceptors (Lipinski definition) is 6. The fourth-order valence-corrected chi connectivity index (χ4v) is 5.03. The first kappa shape index (κ1) is 16.9. The molecular weight excluding hydrogens is 340 g/mol. The van der Waals surface area contributed by atoms with Crippen molar-refractivity contribution < 1.29 is 28.8 Å². The lowest BCUT2D eigenvalue weighted by Crippen LogP contribution is -2.38. The van der Waals surface area contributed by atoms with Crippen LogP contribution in [-0.4, -0.2) is 46.1 Å². The molecule has 0 aromatic carbocycles. The van der Waals surface area contributed by atoms with Gasteiger partial charge in [-0.2, -0.15) is 0 Å². The molecule has 0 aromatic heterocycles. The monoisotopic (exact) mass is 360 g/mol. The molecule has 0 spiro atoms. The van der Waals surface area contributed by atoms with Crippen LogP contribution in [0.15, 0.2) is 12.2 Å². The van der Waals surface area contributed by atoms with Crippen molar-refractivity contribution in [3.8, 4) is 0 Å². The van der Waals surface area contributed by atoms with Gasteiger partial charge in [-0.25, -0.2) is 4.79 Å². The minimum Gasteiger partial charge on any atom is -0.330 e. The van der Waals surface area contributed by atoms with Gasteiger partial charge in [0.2, 0.25) is 11.8 Å². The molecule has 0 unspecified atom stereocenters. The number of rotatable bonds is 4. The second kappa shape index (κ2) is 5.25. The zero-order valence-corrected chi connectivity index (χ0v) is 14.7. The van der Waals surface area contributed by atoms with Crippen LogP contribution in [0.3, 0.4) is 0 Å². The minimum atomic E-state index is -0.815. The second-order valence-electron chi connectivity index (χ2n) is 8.10. The van der Waals surface area contributed by atoms with Crippen LogP contribution in [0.1, 0.15) is 39.5 Å². The fraction of sp³-hybridized carbons (Fsp3) is 0.611. The number of amides is 4. The number of likely N-dealkylation sites (tertiary alicyclic amines) is 1. The average molecular weight is 360 g/mol. The van der Waals surface area contributed by atoms with Gasteiger partial charge in [0.1, 0.15) is 0 Å². The third kappa shape index (κ3) is 2.17. The molecule has 0 radical (unpaired) electrons. The van der Waals surface area contributed by atoms with Crippen LogP contribution in [0.5, 0.6) is 0 Å². The molecule has 26 heavy (non-hydrogen) atoms. The fourth-order valence-electron chi connectivity index (χ4n) is 5.03. The zero-order chi connectivity index (χ0) is 18.9. The number of fused-ring (bicyclic) bond motifs is 5. The topological polar surface area (TPSA) is 101 Å². The first-order chi connectivity index (χ1) is 12.2. The Hall–Kier alpha value is -2.51. The van der Waals surface area contributed by atoms with E-state index in [1.165, 1.54) is 0 Å². The van der Waals surface area contributed by atoms with Crippen molar-refractivity contribution in [2.24, 2.45) is 22.7 Å². The van der Waals surface area contributed by atoms with Crippen LogP contribution >= 0.6 is 0 Å². The number of carbonyl (C=O) groups excluding carboxylic acids is 5.